The molecule has 1 aliphatic rings. The van der Waals surface area contributed by atoms with E-state index in [1.54, 1.807) is 0 Å². The lowest BCUT2D eigenvalue weighted by molar-refractivity contribution is -0.189. The lowest BCUT2D eigenvalue weighted by Crippen LogP contribution is -2.56. The molecule has 1 aliphatic heterocycles. The van der Waals surface area contributed by atoms with Crippen LogP contribution in [-0.4, -0.2) is 24.3 Å². The molecule has 0 aromatic rings. The van der Waals surface area contributed by atoms with Gasteiger partial charge in [0.2, 0.25) is 0 Å². The van der Waals surface area contributed by atoms with E-state index in [1.165, 1.54) is 6.92 Å². The monoisotopic (exact) mass is 183 g/mol. The van der Waals surface area contributed by atoms with Gasteiger partial charge in [0, 0.05) is 5.41 Å². The summed E-state index contributed by atoms with van der Waals surface area (Å²) in [5.74, 6) is -1.06. The van der Waals surface area contributed by atoms with Crippen molar-refractivity contribution in [1.82, 2.24) is 0 Å². The third-order valence-corrected chi connectivity index (χ3v) is 3.15. The second-order valence-electron chi connectivity index (χ2n) is 3.67. The Balaban J connectivity index is 3.01. The molecule has 0 spiro atoms. The third-order valence-electron chi connectivity index (χ3n) is 3.15. The Morgan fingerprint density at radius 2 is 2.31 bits per heavy atom. The number of aliphatic carboxylic acids is 1. The van der Waals surface area contributed by atoms with Gasteiger partial charge in [0.05, 0.1) is 19.3 Å². The Morgan fingerprint density at radius 1 is 1.77 bits per heavy atom. The molecule has 0 amide bonds. The molecule has 1 fully saturated rings. The molecule has 72 valence electrons. The number of nitrogens with zero attached hydrogens (tertiary/aromatic N) is 1. The standard InChI is InChI=1S/C9H13NO3/c1-3-9(5-13-6-9)8(2,4-10)7(11)12/h3,5-6H2,1-2H3,(H,11,12). The number of ether oxygens (including phenoxy) is 1. The highest BCUT2D eigenvalue weighted by atomic mass is 16.5. The first kappa shape index (κ1) is 10.0. The van der Waals surface area contributed by atoms with Crippen molar-refractivity contribution < 1.29 is 14.6 Å². The van der Waals surface area contributed by atoms with Gasteiger partial charge < -0.3 is 9.84 Å². The molecule has 4 nitrogen and oxygen atoms in total. The second kappa shape index (κ2) is 3.00. The summed E-state index contributed by atoms with van der Waals surface area (Å²) >= 11 is 0. The van der Waals surface area contributed by atoms with Crippen molar-refractivity contribution in [2.24, 2.45) is 10.8 Å². The van der Waals surface area contributed by atoms with Crippen molar-refractivity contribution in [2.45, 2.75) is 20.3 Å². The molecule has 0 aliphatic carbocycles. The van der Waals surface area contributed by atoms with Crippen molar-refractivity contribution in [2.75, 3.05) is 13.2 Å². The maximum absolute atomic E-state index is 11.0. The van der Waals surface area contributed by atoms with Crippen LogP contribution in [0.3, 0.4) is 0 Å². The predicted molar refractivity (Wildman–Crippen MR) is 44.9 cm³/mol. The predicted octanol–water partition coefficient (Wildman–Crippen LogP) is 1.03. The summed E-state index contributed by atoms with van der Waals surface area (Å²) in [6.07, 6.45) is 0.656. The molecule has 0 bridgehead atoms. The van der Waals surface area contributed by atoms with Crippen LogP contribution in [0.4, 0.5) is 0 Å². The van der Waals surface area contributed by atoms with Gasteiger partial charge in [-0.25, -0.2) is 0 Å². The van der Waals surface area contributed by atoms with Crippen molar-refractivity contribution in [3.63, 3.8) is 0 Å². The van der Waals surface area contributed by atoms with Gasteiger partial charge in [-0.15, -0.1) is 0 Å². The SMILES string of the molecule is CCC1(C(C)(C#N)C(=O)O)COC1. The van der Waals surface area contributed by atoms with Crippen molar-refractivity contribution in [1.29, 1.82) is 5.26 Å². The minimum absolute atomic E-state index is 0.375. The van der Waals surface area contributed by atoms with Gasteiger partial charge in [-0.05, 0) is 13.3 Å². The number of rotatable bonds is 3. The molecular formula is C9H13NO3. The number of nitriles is 1. The fraction of sp³-hybridized carbons (Fsp3) is 0.778. The first-order chi connectivity index (χ1) is 6.02. The number of carboxylic acid groups (broad SMARTS) is 1. The highest BCUT2D eigenvalue weighted by Gasteiger charge is 2.57. The van der Waals surface area contributed by atoms with E-state index < -0.39 is 16.8 Å². The van der Waals surface area contributed by atoms with Crippen LogP contribution in [-0.2, 0) is 9.53 Å². The van der Waals surface area contributed by atoms with Crippen molar-refractivity contribution in [3.05, 3.63) is 0 Å². The second-order valence-corrected chi connectivity index (χ2v) is 3.67. The minimum atomic E-state index is -1.32. The molecule has 4 heteroatoms. The van der Waals surface area contributed by atoms with E-state index in [4.69, 9.17) is 15.1 Å². The van der Waals surface area contributed by atoms with Crippen LogP contribution in [0.25, 0.3) is 0 Å². The fourth-order valence-corrected chi connectivity index (χ4v) is 1.59. The maximum atomic E-state index is 11.0. The number of carbonyl (C=O) groups is 1. The van der Waals surface area contributed by atoms with Crippen LogP contribution in [0, 0.1) is 22.2 Å². The average molecular weight is 183 g/mol. The van der Waals surface area contributed by atoms with Gasteiger partial charge in [-0.2, -0.15) is 5.26 Å². The quantitative estimate of drug-likeness (QED) is 0.709. The molecule has 0 aromatic carbocycles. The Labute approximate surface area is 77.1 Å². The van der Waals surface area contributed by atoms with Crippen LogP contribution in [0.1, 0.15) is 20.3 Å². The Bertz CT molecular complexity index is 259. The summed E-state index contributed by atoms with van der Waals surface area (Å²) in [5, 5.41) is 17.9. The average Bonchev–Trinajstić information content (AvgIpc) is 2.02. The first-order valence-corrected chi connectivity index (χ1v) is 4.25. The summed E-state index contributed by atoms with van der Waals surface area (Å²) < 4.78 is 5.01. The molecule has 1 N–H and O–H groups in total. The van der Waals surface area contributed by atoms with E-state index in [1.807, 2.05) is 13.0 Å². The molecule has 0 saturated carbocycles. The van der Waals surface area contributed by atoms with Crippen molar-refractivity contribution >= 4 is 5.97 Å². The molecule has 1 rings (SSSR count). The Hall–Kier alpha value is -1.08. The fourth-order valence-electron chi connectivity index (χ4n) is 1.59. The first-order valence-electron chi connectivity index (χ1n) is 4.25. The smallest absolute Gasteiger partial charge is 0.324 e. The Kier molecular flexibility index (Phi) is 2.31. The van der Waals surface area contributed by atoms with Crippen LogP contribution in [0.15, 0.2) is 0 Å². The van der Waals surface area contributed by atoms with Gasteiger partial charge in [-0.1, -0.05) is 6.92 Å². The summed E-state index contributed by atoms with van der Waals surface area (Å²) in [6.45, 7) is 4.11. The summed E-state index contributed by atoms with van der Waals surface area (Å²) in [4.78, 5) is 11.0. The van der Waals surface area contributed by atoms with Gasteiger partial charge in [0.25, 0.3) is 0 Å². The molecule has 0 radical (unpaired) electrons. The van der Waals surface area contributed by atoms with Crippen molar-refractivity contribution in [3.8, 4) is 6.07 Å². The molecule has 1 heterocycles. The highest BCUT2D eigenvalue weighted by Crippen LogP contribution is 2.47. The number of carboxylic acids is 1. The number of hydrogen-bond donors (Lipinski definition) is 1. The van der Waals surface area contributed by atoms with E-state index in [2.05, 4.69) is 0 Å². The lowest BCUT2D eigenvalue weighted by atomic mass is 9.62. The van der Waals surface area contributed by atoms with Gasteiger partial charge >= 0.3 is 5.97 Å². The van der Waals surface area contributed by atoms with Crippen LogP contribution < -0.4 is 0 Å². The molecule has 1 atom stereocenters. The lowest BCUT2D eigenvalue weighted by Gasteiger charge is -2.47. The zero-order valence-corrected chi connectivity index (χ0v) is 7.83. The third kappa shape index (κ3) is 1.11. The molecule has 1 saturated heterocycles. The molecule has 0 aromatic heterocycles. The van der Waals surface area contributed by atoms with Crippen LogP contribution in [0.2, 0.25) is 0 Å². The topological polar surface area (TPSA) is 70.3 Å². The summed E-state index contributed by atoms with van der Waals surface area (Å²) in [6, 6.07) is 1.89. The zero-order chi connectivity index (χ0) is 10.1. The van der Waals surface area contributed by atoms with E-state index >= 15 is 0 Å². The Morgan fingerprint density at radius 3 is 2.38 bits per heavy atom. The van der Waals surface area contributed by atoms with E-state index in [0.29, 0.717) is 19.6 Å². The largest absolute Gasteiger partial charge is 0.480 e. The van der Waals surface area contributed by atoms with Gasteiger partial charge in [0.1, 0.15) is 0 Å². The van der Waals surface area contributed by atoms with E-state index in [-0.39, 0.29) is 0 Å². The highest BCUT2D eigenvalue weighted by molar-refractivity contribution is 5.79. The maximum Gasteiger partial charge on any atom is 0.324 e. The van der Waals surface area contributed by atoms with Crippen LogP contribution in [0.5, 0.6) is 0 Å². The molecular weight excluding hydrogens is 170 g/mol. The van der Waals surface area contributed by atoms with E-state index in [9.17, 15) is 4.79 Å². The van der Waals surface area contributed by atoms with Gasteiger partial charge in [0.15, 0.2) is 5.41 Å². The van der Waals surface area contributed by atoms with Crippen LogP contribution >= 0.6 is 0 Å². The summed E-state index contributed by atoms with van der Waals surface area (Å²) in [7, 11) is 0. The zero-order valence-electron chi connectivity index (χ0n) is 7.83. The summed E-state index contributed by atoms with van der Waals surface area (Å²) in [5.41, 5.74) is -1.81. The number of hydrogen-bond acceptors (Lipinski definition) is 3. The van der Waals surface area contributed by atoms with Gasteiger partial charge in [-0.3, -0.25) is 4.79 Å². The normalized spacial score (nSPS) is 23.8. The minimum Gasteiger partial charge on any atom is -0.480 e. The molecule has 13 heavy (non-hydrogen) atoms. The van der Waals surface area contributed by atoms with E-state index in [0.717, 1.165) is 0 Å². The molecule has 1 unspecified atom stereocenters.